The van der Waals surface area contributed by atoms with Gasteiger partial charge in [-0.25, -0.2) is 0 Å². The third kappa shape index (κ3) is 2.82. The Labute approximate surface area is 60.4 Å². The molecule has 0 aliphatic rings. The second-order valence-corrected chi connectivity index (χ2v) is 3.52. The van der Waals surface area contributed by atoms with Gasteiger partial charge in [0.05, 0.1) is 6.04 Å². The minimum Gasteiger partial charge on any atom is -0.320 e. The Morgan fingerprint density at radius 1 is 1.56 bits per heavy atom. The first-order valence-electron chi connectivity index (χ1n) is 2.80. The molecule has 0 saturated heterocycles. The summed E-state index contributed by atoms with van der Waals surface area (Å²) in [5.74, 6) is 0. The Bertz CT molecular complexity index is 117. The molecule has 0 saturated carbocycles. The van der Waals surface area contributed by atoms with Gasteiger partial charge in [-0.1, -0.05) is 20.8 Å². The molecule has 0 aliphatic heterocycles. The monoisotopic (exact) mass is 149 g/mol. The number of hydrogen-bond donors (Lipinski definition) is 1. The van der Waals surface area contributed by atoms with Crippen LogP contribution >= 0.6 is 11.6 Å². The lowest BCUT2D eigenvalue weighted by molar-refractivity contribution is -0.114. The van der Waals surface area contributed by atoms with E-state index in [1.165, 1.54) is 0 Å². The van der Waals surface area contributed by atoms with Crippen molar-refractivity contribution >= 4 is 16.8 Å². The number of nitrogens with two attached hydrogens (primary N) is 1. The molecule has 2 N–H and O–H groups in total. The summed E-state index contributed by atoms with van der Waals surface area (Å²) in [5.41, 5.74) is 5.19. The Kier molecular flexibility index (Phi) is 2.65. The summed E-state index contributed by atoms with van der Waals surface area (Å²) in [4.78, 5) is 10.4. The highest BCUT2D eigenvalue weighted by molar-refractivity contribution is 6.64. The lowest BCUT2D eigenvalue weighted by Gasteiger charge is -2.22. The van der Waals surface area contributed by atoms with Crippen molar-refractivity contribution in [3.63, 3.8) is 0 Å². The summed E-state index contributed by atoms with van der Waals surface area (Å²) >= 11 is 5.15. The van der Waals surface area contributed by atoms with Gasteiger partial charge in [0.2, 0.25) is 5.24 Å². The minimum absolute atomic E-state index is 0.223. The molecule has 0 aliphatic carbocycles. The maximum Gasteiger partial charge on any atom is 0.238 e. The molecule has 2 nitrogen and oxygen atoms in total. The summed E-state index contributed by atoms with van der Waals surface area (Å²) in [6.45, 7) is 5.62. The largest absolute Gasteiger partial charge is 0.320 e. The van der Waals surface area contributed by atoms with E-state index in [1.807, 2.05) is 20.8 Å². The fourth-order valence-corrected chi connectivity index (χ4v) is 0.668. The first-order chi connectivity index (χ1) is 3.85. The molecule has 0 rings (SSSR count). The molecule has 0 unspecified atom stereocenters. The van der Waals surface area contributed by atoms with Crippen molar-refractivity contribution in [2.24, 2.45) is 11.1 Å². The molecule has 0 spiro atoms. The number of halogens is 1. The maximum absolute atomic E-state index is 10.4. The van der Waals surface area contributed by atoms with Crippen LogP contribution in [-0.4, -0.2) is 11.3 Å². The van der Waals surface area contributed by atoms with Crippen molar-refractivity contribution in [3.05, 3.63) is 0 Å². The molecule has 0 bridgehead atoms. The summed E-state index contributed by atoms with van der Waals surface area (Å²) in [6, 6.07) is -0.556. The van der Waals surface area contributed by atoms with Crippen LogP contribution in [0.2, 0.25) is 0 Å². The fourth-order valence-electron chi connectivity index (χ4n) is 0.340. The van der Waals surface area contributed by atoms with E-state index in [9.17, 15) is 4.79 Å². The van der Waals surface area contributed by atoms with E-state index in [1.54, 1.807) is 0 Å². The van der Waals surface area contributed by atoms with E-state index in [0.717, 1.165) is 0 Å². The molecule has 0 amide bonds. The van der Waals surface area contributed by atoms with Gasteiger partial charge in [-0.05, 0) is 17.0 Å². The van der Waals surface area contributed by atoms with Gasteiger partial charge in [-0.15, -0.1) is 0 Å². The normalized spacial score (nSPS) is 15.2. The second kappa shape index (κ2) is 2.67. The van der Waals surface area contributed by atoms with Crippen LogP contribution in [0.3, 0.4) is 0 Å². The van der Waals surface area contributed by atoms with Crippen LogP contribution < -0.4 is 5.73 Å². The smallest absolute Gasteiger partial charge is 0.238 e. The summed E-state index contributed by atoms with van der Waals surface area (Å²) in [6.07, 6.45) is 0. The van der Waals surface area contributed by atoms with Crippen LogP contribution in [-0.2, 0) is 4.79 Å². The van der Waals surface area contributed by atoms with Crippen LogP contribution in [0.25, 0.3) is 0 Å². The molecule has 0 aromatic heterocycles. The first-order valence-corrected chi connectivity index (χ1v) is 3.18. The van der Waals surface area contributed by atoms with E-state index in [2.05, 4.69) is 0 Å². The quantitative estimate of drug-likeness (QED) is 0.568. The predicted molar refractivity (Wildman–Crippen MR) is 38.3 cm³/mol. The van der Waals surface area contributed by atoms with Crippen LogP contribution in [0.15, 0.2) is 0 Å². The lowest BCUT2D eigenvalue weighted by atomic mass is 9.88. The topological polar surface area (TPSA) is 43.1 Å². The summed E-state index contributed by atoms with van der Waals surface area (Å²) in [5, 5.41) is -0.470. The van der Waals surface area contributed by atoms with Gasteiger partial charge in [0.25, 0.3) is 0 Å². The van der Waals surface area contributed by atoms with Crippen LogP contribution in [0.4, 0.5) is 0 Å². The maximum atomic E-state index is 10.4. The summed E-state index contributed by atoms with van der Waals surface area (Å²) < 4.78 is 0. The van der Waals surface area contributed by atoms with Crippen LogP contribution in [0, 0.1) is 5.41 Å². The number of hydrogen-bond acceptors (Lipinski definition) is 2. The van der Waals surface area contributed by atoms with Gasteiger partial charge < -0.3 is 5.73 Å². The van der Waals surface area contributed by atoms with E-state index >= 15 is 0 Å². The van der Waals surface area contributed by atoms with Crippen molar-refractivity contribution in [3.8, 4) is 0 Å². The average Bonchev–Trinajstić information content (AvgIpc) is 1.62. The molecular formula is C6H12ClNO. The van der Waals surface area contributed by atoms with E-state index in [-0.39, 0.29) is 5.41 Å². The third-order valence-corrected chi connectivity index (χ3v) is 1.41. The van der Waals surface area contributed by atoms with Gasteiger partial charge in [-0.2, -0.15) is 0 Å². The average molecular weight is 150 g/mol. The zero-order valence-electron chi connectivity index (χ0n) is 5.94. The van der Waals surface area contributed by atoms with Gasteiger partial charge in [0, 0.05) is 0 Å². The standard InChI is InChI=1S/C6H12ClNO/c1-6(2,3)4(8)5(7)9/h4H,8H2,1-3H3/t4-/m1/s1. The Morgan fingerprint density at radius 3 is 1.89 bits per heavy atom. The van der Waals surface area contributed by atoms with Gasteiger partial charge >= 0.3 is 0 Å². The van der Waals surface area contributed by atoms with Crippen molar-refractivity contribution < 1.29 is 4.79 Å². The van der Waals surface area contributed by atoms with Crippen molar-refractivity contribution in [1.29, 1.82) is 0 Å². The molecule has 0 aromatic carbocycles. The SMILES string of the molecule is CC(C)(C)[C@H](N)C(=O)Cl. The molecular weight excluding hydrogens is 138 g/mol. The zero-order chi connectivity index (χ0) is 7.65. The van der Waals surface area contributed by atoms with Crippen molar-refractivity contribution in [1.82, 2.24) is 0 Å². The molecule has 0 radical (unpaired) electrons. The fraction of sp³-hybridized carbons (Fsp3) is 0.833. The zero-order valence-corrected chi connectivity index (χ0v) is 6.70. The third-order valence-electron chi connectivity index (χ3n) is 1.18. The molecule has 1 atom stereocenters. The Morgan fingerprint density at radius 2 is 1.89 bits per heavy atom. The Hall–Kier alpha value is -0.0800. The van der Waals surface area contributed by atoms with Crippen molar-refractivity contribution in [2.45, 2.75) is 26.8 Å². The highest BCUT2D eigenvalue weighted by Gasteiger charge is 2.25. The molecule has 3 heteroatoms. The van der Waals surface area contributed by atoms with E-state index in [0.29, 0.717) is 0 Å². The van der Waals surface area contributed by atoms with E-state index < -0.39 is 11.3 Å². The molecule has 0 aromatic rings. The van der Waals surface area contributed by atoms with Crippen LogP contribution in [0.5, 0.6) is 0 Å². The highest BCUT2D eigenvalue weighted by Crippen LogP contribution is 2.18. The predicted octanol–water partition coefficient (Wildman–Crippen LogP) is 1.13. The molecule has 0 fully saturated rings. The van der Waals surface area contributed by atoms with Crippen LogP contribution in [0.1, 0.15) is 20.8 Å². The Balaban J connectivity index is 4.04. The highest BCUT2D eigenvalue weighted by atomic mass is 35.5. The molecule has 54 valence electrons. The summed E-state index contributed by atoms with van der Waals surface area (Å²) in [7, 11) is 0. The first kappa shape index (κ1) is 8.92. The number of carbonyl (C=O) groups excluding carboxylic acids is 1. The van der Waals surface area contributed by atoms with Crippen molar-refractivity contribution in [2.75, 3.05) is 0 Å². The molecule has 0 heterocycles. The molecule has 9 heavy (non-hydrogen) atoms. The van der Waals surface area contributed by atoms with E-state index in [4.69, 9.17) is 17.3 Å². The van der Waals surface area contributed by atoms with Gasteiger partial charge in [0.1, 0.15) is 0 Å². The second-order valence-electron chi connectivity index (χ2n) is 3.15. The minimum atomic E-state index is -0.556. The lowest BCUT2D eigenvalue weighted by Crippen LogP contribution is -2.39. The van der Waals surface area contributed by atoms with Gasteiger partial charge in [0.15, 0.2) is 0 Å². The number of carbonyl (C=O) groups is 1. The van der Waals surface area contributed by atoms with Gasteiger partial charge in [-0.3, -0.25) is 4.79 Å². The number of rotatable bonds is 1.